The van der Waals surface area contributed by atoms with Crippen molar-refractivity contribution in [3.63, 3.8) is 0 Å². The first-order chi connectivity index (χ1) is 14.6. The zero-order valence-corrected chi connectivity index (χ0v) is 18.5. The van der Waals surface area contributed by atoms with Crippen molar-refractivity contribution < 1.29 is 4.74 Å². The highest BCUT2D eigenvalue weighted by Gasteiger charge is 2.08. The topological polar surface area (TPSA) is 92.2 Å². The normalized spacial score (nSPS) is 11.9. The fraction of sp³-hybridized carbons (Fsp3) is 0.500. The number of nitrogens with zero attached hydrogens (tertiary/aromatic N) is 4. The van der Waals surface area contributed by atoms with Crippen LogP contribution in [0.5, 0.6) is 0 Å². The second-order valence-electron chi connectivity index (χ2n) is 7.34. The van der Waals surface area contributed by atoms with E-state index in [-0.39, 0.29) is 0 Å². The van der Waals surface area contributed by atoms with Gasteiger partial charge in [-0.1, -0.05) is 25.1 Å². The van der Waals surface area contributed by atoms with Gasteiger partial charge in [-0.05, 0) is 37.3 Å². The number of rotatable bonds is 10. The maximum absolute atomic E-state index is 5.14. The summed E-state index contributed by atoms with van der Waals surface area (Å²) in [5.74, 6) is 2.50. The molecule has 8 heteroatoms. The Morgan fingerprint density at radius 2 is 2.03 bits per heavy atom. The van der Waals surface area contributed by atoms with E-state index in [0.717, 1.165) is 56.6 Å². The zero-order chi connectivity index (χ0) is 21.3. The lowest BCUT2D eigenvalue weighted by Gasteiger charge is -2.12. The molecule has 0 radical (unpaired) electrons. The average Bonchev–Trinajstić information content (AvgIpc) is 3.32. The van der Waals surface area contributed by atoms with Gasteiger partial charge in [0, 0.05) is 51.0 Å². The molecule has 3 N–H and O–H groups in total. The fourth-order valence-electron chi connectivity index (χ4n) is 3.43. The molecular weight excluding hydrogens is 378 g/mol. The Kier molecular flexibility index (Phi) is 7.84. The molecule has 30 heavy (non-hydrogen) atoms. The van der Waals surface area contributed by atoms with E-state index in [1.807, 2.05) is 18.5 Å². The van der Waals surface area contributed by atoms with Crippen molar-refractivity contribution in [1.82, 2.24) is 30.4 Å². The molecular formula is C22H33N7O. The molecule has 1 aromatic carbocycles. The third-order valence-electron chi connectivity index (χ3n) is 5.33. The van der Waals surface area contributed by atoms with Gasteiger partial charge in [0.25, 0.3) is 0 Å². The minimum absolute atomic E-state index is 0.476. The number of hydrogen-bond donors (Lipinski definition) is 3. The van der Waals surface area contributed by atoms with Gasteiger partial charge in [-0.3, -0.25) is 0 Å². The first-order valence-electron chi connectivity index (χ1n) is 10.6. The number of aliphatic imine (C=N–C) groups is 1. The third-order valence-corrected chi connectivity index (χ3v) is 5.33. The van der Waals surface area contributed by atoms with Crippen LogP contribution in [0.2, 0.25) is 0 Å². The van der Waals surface area contributed by atoms with Gasteiger partial charge in [-0.15, -0.1) is 10.2 Å². The van der Waals surface area contributed by atoms with Crippen molar-refractivity contribution in [1.29, 1.82) is 0 Å². The highest BCUT2D eigenvalue weighted by Crippen LogP contribution is 2.22. The Morgan fingerprint density at radius 3 is 2.77 bits per heavy atom. The lowest BCUT2D eigenvalue weighted by atomic mass is 10.1. The molecule has 0 atom stereocenters. The Morgan fingerprint density at radius 1 is 1.20 bits per heavy atom. The van der Waals surface area contributed by atoms with E-state index in [1.165, 1.54) is 22.0 Å². The van der Waals surface area contributed by atoms with Gasteiger partial charge in [0.2, 0.25) is 0 Å². The van der Waals surface area contributed by atoms with E-state index in [9.17, 15) is 0 Å². The lowest BCUT2D eigenvalue weighted by molar-refractivity contribution is 0.195. The average molecular weight is 412 g/mol. The van der Waals surface area contributed by atoms with Crippen molar-refractivity contribution in [3.05, 3.63) is 47.2 Å². The first-order valence-corrected chi connectivity index (χ1v) is 10.6. The number of aryl methyl sites for hydroxylation is 2. The number of nitrogens with one attached hydrogen (secondary N) is 3. The number of hydrogen-bond acceptors (Lipinski definition) is 4. The van der Waals surface area contributed by atoms with E-state index in [4.69, 9.17) is 9.73 Å². The van der Waals surface area contributed by atoms with Crippen LogP contribution in [0.4, 0.5) is 0 Å². The molecule has 3 rings (SSSR count). The molecule has 0 aliphatic heterocycles. The molecule has 0 bridgehead atoms. The lowest BCUT2D eigenvalue weighted by Crippen LogP contribution is -2.39. The maximum atomic E-state index is 5.14. The van der Waals surface area contributed by atoms with E-state index < -0.39 is 0 Å². The van der Waals surface area contributed by atoms with E-state index in [0.29, 0.717) is 6.54 Å². The summed E-state index contributed by atoms with van der Waals surface area (Å²) in [5, 5.41) is 16.4. The van der Waals surface area contributed by atoms with Gasteiger partial charge < -0.3 is 24.9 Å². The van der Waals surface area contributed by atoms with Gasteiger partial charge in [-0.2, -0.15) is 0 Å². The molecule has 0 spiro atoms. The molecule has 2 aromatic heterocycles. The monoisotopic (exact) mass is 411 g/mol. The van der Waals surface area contributed by atoms with E-state index in [2.05, 4.69) is 57.1 Å². The third kappa shape index (κ3) is 5.38. The second-order valence-corrected chi connectivity index (χ2v) is 7.34. The molecule has 0 aliphatic carbocycles. The van der Waals surface area contributed by atoms with E-state index >= 15 is 0 Å². The number of ether oxygens (including phenoxy) is 1. The smallest absolute Gasteiger partial charge is 0.191 e. The van der Waals surface area contributed by atoms with Crippen molar-refractivity contribution in [3.8, 4) is 0 Å². The Bertz CT molecular complexity index is 973. The number of benzene rings is 1. The Hall–Kier alpha value is -2.87. The number of para-hydroxylation sites is 1. The molecule has 162 valence electrons. The first kappa shape index (κ1) is 21.8. The number of H-pyrrole nitrogens is 1. The van der Waals surface area contributed by atoms with Crippen LogP contribution < -0.4 is 10.6 Å². The number of fused-ring (bicyclic) bond motifs is 1. The summed E-state index contributed by atoms with van der Waals surface area (Å²) in [6.45, 7) is 6.91. The van der Waals surface area contributed by atoms with Crippen LogP contribution in [0.3, 0.4) is 0 Å². The quantitative estimate of drug-likeness (QED) is 0.271. The summed E-state index contributed by atoms with van der Waals surface area (Å²) in [4.78, 5) is 8.14. The maximum Gasteiger partial charge on any atom is 0.191 e. The fourth-order valence-corrected chi connectivity index (χ4v) is 3.43. The molecule has 2 heterocycles. The van der Waals surface area contributed by atoms with Crippen LogP contribution in [0.15, 0.2) is 29.4 Å². The Balaban J connectivity index is 1.62. The predicted molar refractivity (Wildman–Crippen MR) is 121 cm³/mol. The number of aromatic nitrogens is 4. The minimum Gasteiger partial charge on any atom is -0.385 e. The standard InChI is InChI=1S/C22H33N7O/c1-5-17-8-6-9-19-18(14-25-21(17)19)10-12-24-22(23-11-7-13-30-4)26-15-20-28-27-16(2)29(20)3/h6,8-9,14,25H,5,7,10-13,15H2,1-4H3,(H2,23,24,26). The highest BCUT2D eigenvalue weighted by atomic mass is 16.5. The van der Waals surface area contributed by atoms with E-state index in [1.54, 1.807) is 7.11 Å². The summed E-state index contributed by atoms with van der Waals surface area (Å²) < 4.78 is 7.10. The van der Waals surface area contributed by atoms with Crippen molar-refractivity contribution in [2.75, 3.05) is 26.8 Å². The Labute approximate surface area is 178 Å². The second kappa shape index (κ2) is 10.8. The van der Waals surface area contributed by atoms with Crippen LogP contribution in [0.1, 0.15) is 36.1 Å². The van der Waals surface area contributed by atoms with Crippen LogP contribution in [0.25, 0.3) is 10.9 Å². The minimum atomic E-state index is 0.476. The molecule has 0 saturated heterocycles. The summed E-state index contributed by atoms with van der Waals surface area (Å²) in [6.07, 6.45) is 4.98. The molecule has 0 amide bonds. The number of methoxy groups -OCH3 is 1. The molecule has 0 aliphatic rings. The van der Waals surface area contributed by atoms with Crippen LogP contribution in [-0.4, -0.2) is 52.5 Å². The predicted octanol–water partition coefficient (Wildman–Crippen LogP) is 2.48. The van der Waals surface area contributed by atoms with Crippen LogP contribution in [0, 0.1) is 6.92 Å². The van der Waals surface area contributed by atoms with Gasteiger partial charge in [0.15, 0.2) is 11.8 Å². The van der Waals surface area contributed by atoms with Crippen molar-refractivity contribution in [2.45, 2.75) is 39.7 Å². The molecule has 0 fully saturated rings. The van der Waals surface area contributed by atoms with Crippen molar-refractivity contribution in [2.24, 2.45) is 12.0 Å². The van der Waals surface area contributed by atoms with Crippen LogP contribution in [-0.2, 0) is 31.2 Å². The van der Waals surface area contributed by atoms with Crippen molar-refractivity contribution >= 4 is 16.9 Å². The van der Waals surface area contributed by atoms with Gasteiger partial charge in [0.1, 0.15) is 12.4 Å². The molecule has 0 saturated carbocycles. The molecule has 3 aromatic rings. The largest absolute Gasteiger partial charge is 0.385 e. The molecule has 8 nitrogen and oxygen atoms in total. The SMILES string of the molecule is CCc1cccc2c(CCNC(=NCc3nnc(C)n3C)NCCCOC)c[nH]c12. The van der Waals surface area contributed by atoms with Crippen LogP contribution >= 0.6 is 0 Å². The van der Waals surface area contributed by atoms with Gasteiger partial charge in [0.05, 0.1) is 0 Å². The summed E-state index contributed by atoms with van der Waals surface area (Å²) in [7, 11) is 3.68. The highest BCUT2D eigenvalue weighted by molar-refractivity contribution is 5.86. The van der Waals surface area contributed by atoms with Gasteiger partial charge in [-0.25, -0.2) is 4.99 Å². The number of aromatic amines is 1. The van der Waals surface area contributed by atoms with Gasteiger partial charge >= 0.3 is 0 Å². The summed E-state index contributed by atoms with van der Waals surface area (Å²) >= 11 is 0. The zero-order valence-electron chi connectivity index (χ0n) is 18.5. The summed E-state index contributed by atoms with van der Waals surface area (Å²) in [6, 6.07) is 6.51. The summed E-state index contributed by atoms with van der Waals surface area (Å²) in [5.41, 5.74) is 3.92. The number of guanidine groups is 1. The molecule has 0 unspecified atom stereocenters.